The smallest absolute Gasteiger partial charge is 0.220 e. The largest absolute Gasteiger partial charge is 0.493 e. The summed E-state index contributed by atoms with van der Waals surface area (Å²) in [6.45, 7) is 2.08. The lowest BCUT2D eigenvalue weighted by atomic mass is 9.95. The number of benzene rings is 2. The zero-order valence-electron chi connectivity index (χ0n) is 24.3. The molecule has 3 aromatic carbocycles. The van der Waals surface area contributed by atoms with Gasteiger partial charge in [0.05, 0.1) is 33.1 Å². The average Bonchev–Trinajstić information content (AvgIpc) is 3.21. The second-order valence-corrected chi connectivity index (χ2v) is 10.0. The number of fused-ring (bicyclic) bond motifs is 3. The molecule has 9 nitrogen and oxygen atoms in total. The average molecular weight is 578 g/mol. The normalized spacial score (nSPS) is 13.6. The number of ether oxygens (including phenoxy) is 3. The Morgan fingerprint density at radius 1 is 1.00 bits per heavy atom. The molecule has 1 aliphatic carbocycles. The predicted molar refractivity (Wildman–Crippen MR) is 159 cm³/mol. The van der Waals surface area contributed by atoms with Crippen LogP contribution in [0.15, 0.2) is 53.3 Å². The summed E-state index contributed by atoms with van der Waals surface area (Å²) in [5.41, 5.74) is 3.92. The van der Waals surface area contributed by atoms with Crippen molar-refractivity contribution >= 4 is 17.5 Å². The Hall–Kier alpha value is -4.60. The highest BCUT2D eigenvalue weighted by Gasteiger charge is 2.29. The highest BCUT2D eigenvalue weighted by Crippen LogP contribution is 2.50. The van der Waals surface area contributed by atoms with Gasteiger partial charge in [0.15, 0.2) is 11.5 Å². The summed E-state index contributed by atoms with van der Waals surface area (Å²) in [6, 6.07) is 12.7. The fourth-order valence-corrected chi connectivity index (χ4v) is 5.26. The lowest BCUT2D eigenvalue weighted by Gasteiger charge is -2.19. The molecule has 0 saturated heterocycles. The highest BCUT2D eigenvalue weighted by molar-refractivity contribution is 5.83. The van der Waals surface area contributed by atoms with Crippen LogP contribution in [-0.2, 0) is 22.6 Å². The van der Waals surface area contributed by atoms with Gasteiger partial charge < -0.3 is 30.2 Å². The molecule has 0 aliphatic heterocycles. The van der Waals surface area contributed by atoms with Gasteiger partial charge in [-0.3, -0.25) is 14.4 Å². The van der Waals surface area contributed by atoms with E-state index in [0.717, 1.165) is 16.7 Å². The van der Waals surface area contributed by atoms with Crippen LogP contribution in [0.25, 0.3) is 11.1 Å². The Bertz CT molecular complexity index is 1530. The highest BCUT2D eigenvalue weighted by atomic mass is 19.1. The monoisotopic (exact) mass is 577 g/mol. The van der Waals surface area contributed by atoms with Crippen molar-refractivity contribution in [3.05, 3.63) is 81.3 Å². The number of hydrogen-bond donors (Lipinski definition) is 3. The van der Waals surface area contributed by atoms with Crippen molar-refractivity contribution in [2.24, 2.45) is 0 Å². The van der Waals surface area contributed by atoms with Crippen molar-refractivity contribution in [3.8, 4) is 28.4 Å². The molecule has 222 valence electrons. The molecule has 3 N–H and O–H groups in total. The minimum Gasteiger partial charge on any atom is -0.493 e. The van der Waals surface area contributed by atoms with Crippen LogP contribution in [0.5, 0.6) is 17.2 Å². The van der Waals surface area contributed by atoms with Crippen molar-refractivity contribution in [2.45, 2.75) is 45.2 Å². The SMILES string of the molecule is COc1cc2c(c(OC)c1OC)-c1ccc(NCCCC(=O)NCc3cccc(F)c3)c(=O)cc1[C@@H](NC(C)=O)CC2. The van der Waals surface area contributed by atoms with E-state index < -0.39 is 6.04 Å². The predicted octanol–water partition coefficient (Wildman–Crippen LogP) is 4.51. The van der Waals surface area contributed by atoms with Gasteiger partial charge in [0.25, 0.3) is 0 Å². The molecule has 0 spiro atoms. The summed E-state index contributed by atoms with van der Waals surface area (Å²) in [4.78, 5) is 37.8. The number of carbonyl (C=O) groups is 2. The van der Waals surface area contributed by atoms with Crippen molar-refractivity contribution in [3.63, 3.8) is 0 Å². The Kier molecular flexibility index (Phi) is 10.0. The van der Waals surface area contributed by atoms with Crippen molar-refractivity contribution in [2.75, 3.05) is 33.2 Å². The number of anilines is 1. The second kappa shape index (κ2) is 13.8. The van der Waals surface area contributed by atoms with Crippen molar-refractivity contribution in [1.29, 1.82) is 0 Å². The van der Waals surface area contributed by atoms with Gasteiger partial charge in [-0.2, -0.15) is 0 Å². The molecule has 4 rings (SSSR count). The van der Waals surface area contributed by atoms with Gasteiger partial charge in [-0.15, -0.1) is 0 Å². The number of carbonyl (C=O) groups excluding carboxylic acids is 2. The Labute approximate surface area is 244 Å². The van der Waals surface area contributed by atoms with Crippen LogP contribution in [0.1, 0.15) is 48.9 Å². The van der Waals surface area contributed by atoms with E-state index in [1.165, 1.54) is 26.2 Å². The first-order valence-electron chi connectivity index (χ1n) is 13.8. The van der Waals surface area contributed by atoms with Gasteiger partial charge >= 0.3 is 0 Å². The van der Waals surface area contributed by atoms with E-state index >= 15 is 0 Å². The number of aryl methyl sites for hydroxylation is 1. The topological polar surface area (TPSA) is 115 Å². The summed E-state index contributed by atoms with van der Waals surface area (Å²) >= 11 is 0. The van der Waals surface area contributed by atoms with Gasteiger partial charge in [0, 0.05) is 32.0 Å². The zero-order valence-corrected chi connectivity index (χ0v) is 24.3. The van der Waals surface area contributed by atoms with Crippen LogP contribution in [0.3, 0.4) is 0 Å². The molecule has 10 heteroatoms. The van der Waals surface area contributed by atoms with E-state index in [2.05, 4.69) is 16.0 Å². The Morgan fingerprint density at radius 2 is 1.79 bits per heavy atom. The fourth-order valence-electron chi connectivity index (χ4n) is 5.26. The number of halogens is 1. The molecular formula is C32H36FN3O6. The molecule has 0 radical (unpaired) electrons. The maximum Gasteiger partial charge on any atom is 0.220 e. The molecule has 0 saturated carbocycles. The van der Waals surface area contributed by atoms with E-state index in [0.29, 0.717) is 59.9 Å². The number of methoxy groups -OCH3 is 3. The van der Waals surface area contributed by atoms with Crippen LogP contribution in [0.4, 0.5) is 10.1 Å². The quantitative estimate of drug-likeness (QED) is 0.287. The van der Waals surface area contributed by atoms with E-state index in [1.54, 1.807) is 38.5 Å². The third kappa shape index (κ3) is 6.99. The summed E-state index contributed by atoms with van der Waals surface area (Å²) in [7, 11) is 4.65. The van der Waals surface area contributed by atoms with Crippen LogP contribution >= 0.6 is 0 Å². The van der Waals surface area contributed by atoms with Gasteiger partial charge in [0.1, 0.15) is 5.82 Å². The van der Waals surface area contributed by atoms with Crippen molar-refractivity contribution < 1.29 is 28.2 Å². The lowest BCUT2D eigenvalue weighted by Crippen LogP contribution is -2.26. The molecule has 1 aliphatic rings. The molecular weight excluding hydrogens is 541 g/mol. The summed E-state index contributed by atoms with van der Waals surface area (Å²) in [5.74, 6) is 0.725. The summed E-state index contributed by atoms with van der Waals surface area (Å²) in [5, 5.41) is 8.93. The van der Waals surface area contributed by atoms with E-state index in [-0.39, 0.29) is 36.0 Å². The van der Waals surface area contributed by atoms with E-state index in [1.807, 2.05) is 12.1 Å². The molecule has 0 aromatic heterocycles. The van der Waals surface area contributed by atoms with Gasteiger partial charge in [0.2, 0.25) is 23.0 Å². The van der Waals surface area contributed by atoms with E-state index in [4.69, 9.17) is 14.2 Å². The molecule has 0 heterocycles. The van der Waals surface area contributed by atoms with E-state index in [9.17, 15) is 18.8 Å². The second-order valence-electron chi connectivity index (χ2n) is 10.0. The molecule has 3 aromatic rings. The van der Waals surface area contributed by atoms with Crippen LogP contribution in [0, 0.1) is 5.82 Å². The molecule has 0 fully saturated rings. The Morgan fingerprint density at radius 3 is 2.48 bits per heavy atom. The maximum atomic E-state index is 13.4. The van der Waals surface area contributed by atoms with Crippen LogP contribution < -0.4 is 35.6 Å². The van der Waals surface area contributed by atoms with Crippen LogP contribution in [-0.4, -0.2) is 39.7 Å². The lowest BCUT2D eigenvalue weighted by molar-refractivity contribution is -0.121. The molecule has 2 amide bonds. The third-order valence-corrected chi connectivity index (χ3v) is 7.19. The van der Waals surface area contributed by atoms with Gasteiger partial charge in [-0.1, -0.05) is 18.2 Å². The third-order valence-electron chi connectivity index (χ3n) is 7.19. The molecule has 0 bridgehead atoms. The Balaban J connectivity index is 1.58. The zero-order chi connectivity index (χ0) is 30.2. The van der Waals surface area contributed by atoms with Gasteiger partial charge in [-0.05, 0) is 71.8 Å². The fraction of sp³-hybridized carbons (Fsp3) is 0.344. The molecule has 1 atom stereocenters. The first-order valence-corrected chi connectivity index (χ1v) is 13.8. The molecule has 0 unspecified atom stereocenters. The standard InChI is InChI=1S/C32H36FN3O6/c1-19(37)36-25-12-10-21-16-28(40-2)31(41-3)32(42-4)30(21)23-11-13-26(27(38)17-24(23)25)34-14-6-9-29(39)35-18-20-7-5-8-22(33)15-20/h5,7-8,11,13,15-17,25H,6,9-10,12,14,18H2,1-4H3,(H,34,38)(H,35,39)(H,36,37)/t25-/m0/s1. The maximum absolute atomic E-state index is 13.4. The number of hydrogen-bond acceptors (Lipinski definition) is 7. The van der Waals surface area contributed by atoms with Crippen molar-refractivity contribution in [1.82, 2.24) is 10.6 Å². The number of amides is 2. The minimum atomic E-state index is -0.402. The van der Waals surface area contributed by atoms with Gasteiger partial charge in [-0.25, -0.2) is 4.39 Å². The number of rotatable bonds is 11. The number of nitrogens with one attached hydrogen (secondary N) is 3. The molecule has 42 heavy (non-hydrogen) atoms. The van der Waals surface area contributed by atoms with Crippen LogP contribution in [0.2, 0.25) is 0 Å². The first-order chi connectivity index (χ1) is 20.2. The first kappa shape index (κ1) is 30.4. The minimum absolute atomic E-state index is 0.167. The summed E-state index contributed by atoms with van der Waals surface area (Å²) < 4.78 is 30.4. The summed E-state index contributed by atoms with van der Waals surface area (Å²) in [6.07, 6.45) is 1.89.